The SMILES string of the molecule is CCNC(=NCC1CCc2nnc(C)n2C1)N1CC(C)CC(C)C1.I. The second-order valence-electron chi connectivity index (χ2n) is 7.72. The summed E-state index contributed by atoms with van der Waals surface area (Å²) in [5.41, 5.74) is 0. The number of aromatic nitrogens is 3. The minimum atomic E-state index is 0. The quantitative estimate of drug-likeness (QED) is 0.428. The number of halogens is 1. The Balaban J connectivity index is 0.00000225. The molecule has 3 rings (SSSR count). The molecule has 0 aromatic carbocycles. The van der Waals surface area contributed by atoms with Gasteiger partial charge in [0.25, 0.3) is 0 Å². The van der Waals surface area contributed by atoms with Crippen LogP contribution in [0.4, 0.5) is 0 Å². The van der Waals surface area contributed by atoms with Crippen LogP contribution in [0.2, 0.25) is 0 Å². The van der Waals surface area contributed by atoms with E-state index in [4.69, 9.17) is 4.99 Å². The molecule has 1 N–H and O–H groups in total. The van der Waals surface area contributed by atoms with Gasteiger partial charge in [-0.2, -0.15) is 0 Å². The van der Waals surface area contributed by atoms with E-state index in [1.54, 1.807) is 0 Å². The van der Waals surface area contributed by atoms with Crippen molar-refractivity contribution in [1.82, 2.24) is 25.0 Å². The fourth-order valence-electron chi connectivity index (χ4n) is 4.16. The number of hydrogen-bond acceptors (Lipinski definition) is 3. The number of aliphatic imine (C=N–C) groups is 1. The van der Waals surface area contributed by atoms with Gasteiger partial charge in [0.2, 0.25) is 0 Å². The highest BCUT2D eigenvalue weighted by atomic mass is 127. The van der Waals surface area contributed by atoms with E-state index in [1.165, 1.54) is 6.42 Å². The summed E-state index contributed by atoms with van der Waals surface area (Å²) in [6, 6.07) is 0. The molecule has 1 fully saturated rings. The first-order valence-electron chi connectivity index (χ1n) is 9.48. The van der Waals surface area contributed by atoms with Crippen molar-refractivity contribution in [3.63, 3.8) is 0 Å². The molecule has 0 spiro atoms. The second kappa shape index (κ2) is 9.19. The van der Waals surface area contributed by atoms with Crippen LogP contribution in [-0.2, 0) is 13.0 Å². The van der Waals surface area contributed by atoms with Crippen LogP contribution in [0.1, 0.15) is 45.3 Å². The molecule has 142 valence electrons. The molecule has 0 amide bonds. The maximum atomic E-state index is 4.99. The Morgan fingerprint density at radius 3 is 2.60 bits per heavy atom. The number of piperidine rings is 1. The summed E-state index contributed by atoms with van der Waals surface area (Å²) in [5.74, 6) is 5.34. The van der Waals surface area contributed by atoms with E-state index >= 15 is 0 Å². The molecule has 1 saturated heterocycles. The predicted molar refractivity (Wildman–Crippen MR) is 112 cm³/mol. The lowest BCUT2D eigenvalue weighted by Gasteiger charge is -2.37. The summed E-state index contributed by atoms with van der Waals surface area (Å²) in [5, 5.41) is 12.0. The lowest BCUT2D eigenvalue weighted by Crippen LogP contribution is -2.48. The van der Waals surface area contributed by atoms with Crippen LogP contribution in [0.3, 0.4) is 0 Å². The van der Waals surface area contributed by atoms with Gasteiger partial charge in [-0.3, -0.25) is 4.99 Å². The maximum absolute atomic E-state index is 4.99. The average molecular weight is 460 g/mol. The van der Waals surface area contributed by atoms with Crippen LogP contribution in [0.25, 0.3) is 0 Å². The monoisotopic (exact) mass is 460 g/mol. The Labute approximate surface area is 168 Å². The zero-order valence-electron chi connectivity index (χ0n) is 16.0. The Morgan fingerprint density at radius 2 is 1.92 bits per heavy atom. The van der Waals surface area contributed by atoms with Crippen LogP contribution < -0.4 is 5.32 Å². The van der Waals surface area contributed by atoms with Gasteiger partial charge in [0, 0.05) is 39.1 Å². The fourth-order valence-corrected chi connectivity index (χ4v) is 4.16. The molecule has 1 aromatic rings. The van der Waals surface area contributed by atoms with Crippen molar-refractivity contribution < 1.29 is 0 Å². The van der Waals surface area contributed by atoms with Crippen LogP contribution >= 0.6 is 24.0 Å². The van der Waals surface area contributed by atoms with Crippen molar-refractivity contribution in [3.05, 3.63) is 11.6 Å². The molecule has 7 heteroatoms. The highest BCUT2D eigenvalue weighted by Crippen LogP contribution is 2.22. The van der Waals surface area contributed by atoms with E-state index in [1.807, 2.05) is 6.92 Å². The number of likely N-dealkylation sites (tertiary alicyclic amines) is 1. The van der Waals surface area contributed by atoms with Gasteiger partial charge in [-0.25, -0.2) is 0 Å². The van der Waals surface area contributed by atoms with Crippen LogP contribution in [0.15, 0.2) is 4.99 Å². The topological polar surface area (TPSA) is 58.3 Å². The van der Waals surface area contributed by atoms with Gasteiger partial charge in [0.1, 0.15) is 11.6 Å². The molecule has 0 bridgehead atoms. The normalized spacial score (nSPS) is 26.8. The van der Waals surface area contributed by atoms with Crippen molar-refractivity contribution in [2.75, 3.05) is 26.2 Å². The smallest absolute Gasteiger partial charge is 0.193 e. The van der Waals surface area contributed by atoms with Gasteiger partial charge < -0.3 is 14.8 Å². The van der Waals surface area contributed by atoms with Gasteiger partial charge in [-0.15, -0.1) is 34.2 Å². The highest BCUT2D eigenvalue weighted by molar-refractivity contribution is 14.0. The van der Waals surface area contributed by atoms with Gasteiger partial charge in [-0.05, 0) is 44.4 Å². The first-order chi connectivity index (χ1) is 11.6. The Bertz CT molecular complexity index is 574. The third-order valence-corrected chi connectivity index (χ3v) is 5.23. The van der Waals surface area contributed by atoms with Gasteiger partial charge >= 0.3 is 0 Å². The summed E-state index contributed by atoms with van der Waals surface area (Å²) >= 11 is 0. The van der Waals surface area contributed by atoms with E-state index in [0.717, 1.165) is 75.0 Å². The molecule has 6 nitrogen and oxygen atoms in total. The molecular weight excluding hydrogens is 427 g/mol. The third-order valence-electron chi connectivity index (χ3n) is 5.23. The number of nitrogens with one attached hydrogen (secondary N) is 1. The number of aryl methyl sites for hydroxylation is 2. The molecular formula is C18H33IN6. The number of rotatable bonds is 3. The fraction of sp³-hybridized carbons (Fsp3) is 0.833. The van der Waals surface area contributed by atoms with Crippen molar-refractivity contribution >= 4 is 29.9 Å². The lowest BCUT2D eigenvalue weighted by molar-refractivity contribution is 0.208. The van der Waals surface area contributed by atoms with Gasteiger partial charge in [0.15, 0.2) is 5.96 Å². The summed E-state index contributed by atoms with van der Waals surface area (Å²) in [6.45, 7) is 14.0. The molecule has 0 aliphatic carbocycles. The van der Waals surface area contributed by atoms with Gasteiger partial charge in [0.05, 0.1) is 0 Å². The predicted octanol–water partition coefficient (Wildman–Crippen LogP) is 2.71. The Hall–Kier alpha value is -0.860. The highest BCUT2D eigenvalue weighted by Gasteiger charge is 2.25. The molecule has 3 atom stereocenters. The molecule has 25 heavy (non-hydrogen) atoms. The standard InChI is InChI=1S/C18H32N6.HI/c1-5-19-18(23-10-13(2)8-14(3)11-23)20-9-16-6-7-17-22-21-15(4)24(17)12-16;/h13-14,16H,5-12H2,1-4H3,(H,19,20);1H. The van der Waals surface area contributed by atoms with Crippen molar-refractivity contribution in [1.29, 1.82) is 0 Å². The summed E-state index contributed by atoms with van der Waals surface area (Å²) in [4.78, 5) is 7.45. The molecule has 0 saturated carbocycles. The van der Waals surface area contributed by atoms with Crippen LogP contribution in [0.5, 0.6) is 0 Å². The van der Waals surface area contributed by atoms with E-state index in [9.17, 15) is 0 Å². The maximum Gasteiger partial charge on any atom is 0.193 e. The molecule has 1 aromatic heterocycles. The zero-order chi connectivity index (χ0) is 17.1. The lowest BCUT2D eigenvalue weighted by atomic mass is 9.92. The molecule has 0 radical (unpaired) electrons. The first kappa shape index (κ1) is 20.5. The van der Waals surface area contributed by atoms with E-state index in [0.29, 0.717) is 5.92 Å². The number of nitrogens with zero attached hydrogens (tertiary/aromatic N) is 5. The van der Waals surface area contributed by atoms with E-state index in [-0.39, 0.29) is 24.0 Å². The number of guanidine groups is 1. The molecule has 3 unspecified atom stereocenters. The number of hydrogen-bond donors (Lipinski definition) is 1. The molecule has 2 aliphatic heterocycles. The summed E-state index contributed by atoms with van der Waals surface area (Å²) in [7, 11) is 0. The molecule has 2 aliphatic rings. The van der Waals surface area contributed by atoms with Crippen molar-refractivity contribution in [2.24, 2.45) is 22.7 Å². The van der Waals surface area contributed by atoms with E-state index < -0.39 is 0 Å². The first-order valence-corrected chi connectivity index (χ1v) is 9.48. The average Bonchev–Trinajstić information content (AvgIpc) is 2.91. The Kier molecular flexibility index (Phi) is 7.51. The number of fused-ring (bicyclic) bond motifs is 1. The minimum Gasteiger partial charge on any atom is -0.357 e. The van der Waals surface area contributed by atoms with Crippen LogP contribution in [-0.4, -0.2) is 51.8 Å². The summed E-state index contributed by atoms with van der Waals surface area (Å²) in [6.07, 6.45) is 3.51. The Morgan fingerprint density at radius 1 is 1.20 bits per heavy atom. The van der Waals surface area contributed by atoms with E-state index in [2.05, 4.69) is 45.8 Å². The zero-order valence-corrected chi connectivity index (χ0v) is 18.4. The van der Waals surface area contributed by atoms with Gasteiger partial charge in [-0.1, -0.05) is 13.8 Å². The molecule has 3 heterocycles. The summed E-state index contributed by atoms with van der Waals surface area (Å²) < 4.78 is 2.27. The second-order valence-corrected chi connectivity index (χ2v) is 7.72. The third kappa shape index (κ3) is 5.08. The van der Waals surface area contributed by atoms with Crippen molar-refractivity contribution in [3.8, 4) is 0 Å². The van der Waals surface area contributed by atoms with Crippen molar-refractivity contribution in [2.45, 2.75) is 53.5 Å². The minimum absolute atomic E-state index is 0. The largest absolute Gasteiger partial charge is 0.357 e. The van der Waals surface area contributed by atoms with Crippen LogP contribution in [0, 0.1) is 24.7 Å².